The maximum atomic E-state index is 5.11. The number of aromatic nitrogens is 2. The maximum Gasteiger partial charge on any atom is 0.160 e. The number of rotatable bonds is 7. The highest BCUT2D eigenvalue weighted by Gasteiger charge is 2.46. The molecule has 8 aromatic carbocycles. The summed E-state index contributed by atoms with van der Waals surface area (Å²) in [6, 6.07) is 78.1. The van der Waals surface area contributed by atoms with Crippen LogP contribution in [-0.4, -0.2) is 9.97 Å². The van der Waals surface area contributed by atoms with Crippen molar-refractivity contribution < 1.29 is 0 Å². The minimum absolute atomic E-state index is 0.441. The van der Waals surface area contributed by atoms with Gasteiger partial charge in [-0.15, -0.1) is 0 Å². The third-order valence-electron chi connectivity index (χ3n) is 11.0. The predicted octanol–water partition coefficient (Wildman–Crippen LogP) is 13.2. The van der Waals surface area contributed by atoms with Gasteiger partial charge < -0.3 is 0 Å². The van der Waals surface area contributed by atoms with Crippen LogP contribution in [0, 0.1) is 0 Å². The monoisotopic (exact) mass is 700 g/mol. The largest absolute Gasteiger partial charge is 0.228 e. The second kappa shape index (κ2) is 13.7. The first-order chi connectivity index (χ1) is 27.3. The van der Waals surface area contributed by atoms with E-state index in [1.54, 1.807) is 0 Å². The summed E-state index contributed by atoms with van der Waals surface area (Å²) in [4.78, 5) is 10.2. The van der Waals surface area contributed by atoms with Crippen molar-refractivity contribution >= 4 is 0 Å². The van der Waals surface area contributed by atoms with Crippen LogP contribution in [0.1, 0.15) is 22.3 Å². The van der Waals surface area contributed by atoms with E-state index in [0.29, 0.717) is 5.82 Å². The SMILES string of the molecule is c1ccc(-c2cc(-c3ccccc3)nc(-c3cccc(-c4cccc(-c5cccc6c5-c5ccccc5C6(c5ccccc5)c5ccccc5)c4)c3)n2)cc1. The van der Waals surface area contributed by atoms with Gasteiger partial charge >= 0.3 is 0 Å². The van der Waals surface area contributed by atoms with Gasteiger partial charge in [0.15, 0.2) is 5.82 Å². The zero-order chi connectivity index (χ0) is 36.6. The Balaban J connectivity index is 1.11. The lowest BCUT2D eigenvalue weighted by atomic mass is 9.67. The fourth-order valence-electron chi connectivity index (χ4n) is 8.53. The van der Waals surface area contributed by atoms with Gasteiger partial charge in [0.05, 0.1) is 16.8 Å². The Hall–Kier alpha value is -7.16. The van der Waals surface area contributed by atoms with Crippen LogP contribution in [-0.2, 0) is 5.41 Å². The quantitative estimate of drug-likeness (QED) is 0.165. The van der Waals surface area contributed by atoms with E-state index in [0.717, 1.165) is 39.2 Å². The second-order valence-corrected chi connectivity index (χ2v) is 14.1. The fraction of sp³-hybridized carbons (Fsp3) is 0.0189. The summed E-state index contributed by atoms with van der Waals surface area (Å²) >= 11 is 0. The van der Waals surface area contributed by atoms with Crippen LogP contribution in [0.3, 0.4) is 0 Å². The Morgan fingerprint density at radius 3 is 1.31 bits per heavy atom. The van der Waals surface area contributed by atoms with Gasteiger partial charge in [-0.05, 0) is 73.8 Å². The zero-order valence-electron chi connectivity index (χ0n) is 30.2. The van der Waals surface area contributed by atoms with Gasteiger partial charge in [-0.2, -0.15) is 0 Å². The van der Waals surface area contributed by atoms with E-state index >= 15 is 0 Å². The molecular weight excluding hydrogens is 665 g/mol. The van der Waals surface area contributed by atoms with E-state index in [4.69, 9.17) is 9.97 Å². The van der Waals surface area contributed by atoms with Crippen LogP contribution >= 0.6 is 0 Å². The molecule has 0 aliphatic heterocycles. The van der Waals surface area contributed by atoms with E-state index in [-0.39, 0.29) is 0 Å². The van der Waals surface area contributed by atoms with Crippen molar-refractivity contribution in [1.29, 1.82) is 0 Å². The van der Waals surface area contributed by atoms with Crippen molar-refractivity contribution in [2.24, 2.45) is 0 Å². The summed E-state index contributed by atoms with van der Waals surface area (Å²) in [7, 11) is 0. The molecule has 1 aliphatic carbocycles. The van der Waals surface area contributed by atoms with Crippen LogP contribution in [0.5, 0.6) is 0 Å². The Morgan fingerprint density at radius 1 is 0.291 bits per heavy atom. The number of hydrogen-bond acceptors (Lipinski definition) is 2. The van der Waals surface area contributed by atoms with Gasteiger partial charge in [-0.1, -0.05) is 200 Å². The molecule has 10 rings (SSSR count). The summed E-state index contributed by atoms with van der Waals surface area (Å²) in [6.45, 7) is 0. The molecule has 55 heavy (non-hydrogen) atoms. The van der Waals surface area contributed by atoms with Crippen molar-refractivity contribution in [2.75, 3.05) is 0 Å². The fourth-order valence-corrected chi connectivity index (χ4v) is 8.53. The smallest absolute Gasteiger partial charge is 0.160 e. The predicted molar refractivity (Wildman–Crippen MR) is 227 cm³/mol. The minimum atomic E-state index is -0.441. The summed E-state index contributed by atoms with van der Waals surface area (Å²) < 4.78 is 0. The standard InChI is InChI=1S/C53H36N2/c1-5-18-37(19-6-1)49-36-50(38-20-7-2-8-21-38)55-52(54-49)42-25-16-23-40(35-42)39-22-15-24-41(34-39)45-31-17-33-48-51(45)46-30-13-14-32-47(46)53(48,43-26-9-3-10-27-43)44-28-11-4-12-29-44/h1-36H. The molecule has 0 amide bonds. The van der Waals surface area contributed by atoms with Crippen molar-refractivity contribution in [3.63, 3.8) is 0 Å². The van der Waals surface area contributed by atoms with Crippen molar-refractivity contribution in [3.05, 3.63) is 241 Å². The summed E-state index contributed by atoms with van der Waals surface area (Å²) in [5.74, 6) is 0.703. The number of nitrogens with zero attached hydrogens (tertiary/aromatic N) is 2. The molecule has 0 saturated heterocycles. The summed E-state index contributed by atoms with van der Waals surface area (Å²) in [6.07, 6.45) is 0. The molecule has 0 saturated carbocycles. The first kappa shape index (κ1) is 32.5. The molecule has 0 atom stereocenters. The number of fused-ring (bicyclic) bond motifs is 3. The second-order valence-electron chi connectivity index (χ2n) is 14.1. The molecule has 1 heterocycles. The van der Waals surface area contributed by atoms with E-state index < -0.39 is 5.41 Å². The van der Waals surface area contributed by atoms with Crippen LogP contribution in [0.4, 0.5) is 0 Å². The highest BCUT2D eigenvalue weighted by molar-refractivity contribution is 5.96. The molecule has 0 spiro atoms. The molecule has 1 aliphatic rings. The third-order valence-corrected chi connectivity index (χ3v) is 11.0. The normalized spacial score (nSPS) is 12.5. The molecule has 0 radical (unpaired) electrons. The first-order valence-corrected chi connectivity index (χ1v) is 18.8. The highest BCUT2D eigenvalue weighted by Crippen LogP contribution is 2.58. The van der Waals surface area contributed by atoms with E-state index in [1.165, 1.54) is 44.5 Å². The number of benzene rings is 8. The Labute approximate surface area is 322 Å². The van der Waals surface area contributed by atoms with Crippen LogP contribution in [0.2, 0.25) is 0 Å². The average Bonchev–Trinajstić information content (AvgIpc) is 3.59. The van der Waals surface area contributed by atoms with E-state index in [1.807, 2.05) is 12.1 Å². The number of hydrogen-bond donors (Lipinski definition) is 0. The van der Waals surface area contributed by atoms with Gasteiger partial charge in [0.2, 0.25) is 0 Å². The van der Waals surface area contributed by atoms with Crippen molar-refractivity contribution in [3.8, 4) is 67.3 Å². The molecule has 1 aromatic heterocycles. The van der Waals surface area contributed by atoms with Crippen LogP contribution in [0.15, 0.2) is 218 Å². The van der Waals surface area contributed by atoms with E-state index in [2.05, 4.69) is 206 Å². The molecule has 0 fully saturated rings. The zero-order valence-corrected chi connectivity index (χ0v) is 30.2. The Bertz CT molecular complexity index is 2700. The van der Waals surface area contributed by atoms with Crippen LogP contribution in [0.25, 0.3) is 67.3 Å². The Morgan fingerprint density at radius 2 is 0.709 bits per heavy atom. The molecule has 0 bridgehead atoms. The highest BCUT2D eigenvalue weighted by atomic mass is 14.9. The molecule has 2 nitrogen and oxygen atoms in total. The van der Waals surface area contributed by atoms with Crippen LogP contribution < -0.4 is 0 Å². The lowest BCUT2D eigenvalue weighted by Crippen LogP contribution is -2.28. The lowest BCUT2D eigenvalue weighted by Gasteiger charge is -2.34. The molecule has 0 N–H and O–H groups in total. The molecular formula is C53H36N2. The molecule has 2 heteroatoms. The van der Waals surface area contributed by atoms with Gasteiger partial charge in [0.25, 0.3) is 0 Å². The van der Waals surface area contributed by atoms with Crippen molar-refractivity contribution in [2.45, 2.75) is 5.41 Å². The molecule has 0 unspecified atom stereocenters. The topological polar surface area (TPSA) is 25.8 Å². The molecule has 9 aromatic rings. The van der Waals surface area contributed by atoms with Gasteiger partial charge in [0, 0.05) is 16.7 Å². The van der Waals surface area contributed by atoms with Crippen molar-refractivity contribution in [1.82, 2.24) is 9.97 Å². The first-order valence-electron chi connectivity index (χ1n) is 18.8. The van der Waals surface area contributed by atoms with E-state index in [9.17, 15) is 0 Å². The maximum absolute atomic E-state index is 5.11. The molecule has 258 valence electrons. The third kappa shape index (κ3) is 5.59. The van der Waals surface area contributed by atoms with Gasteiger partial charge in [0.1, 0.15) is 0 Å². The summed E-state index contributed by atoms with van der Waals surface area (Å²) in [5.41, 5.74) is 16.8. The summed E-state index contributed by atoms with van der Waals surface area (Å²) in [5, 5.41) is 0. The Kier molecular flexibility index (Phi) is 8.08. The average molecular weight is 701 g/mol. The minimum Gasteiger partial charge on any atom is -0.228 e. The van der Waals surface area contributed by atoms with Gasteiger partial charge in [-0.3, -0.25) is 0 Å². The van der Waals surface area contributed by atoms with Gasteiger partial charge in [-0.25, -0.2) is 9.97 Å². The lowest BCUT2D eigenvalue weighted by molar-refractivity contribution is 0.768.